The lowest BCUT2D eigenvalue weighted by Crippen LogP contribution is -2.43. The molecule has 0 saturated carbocycles. The first-order valence-electron chi connectivity index (χ1n) is 10.0. The fourth-order valence-electron chi connectivity index (χ4n) is 3.94. The zero-order valence-corrected chi connectivity index (χ0v) is 16.6. The third-order valence-electron chi connectivity index (χ3n) is 5.52. The van der Waals surface area contributed by atoms with Crippen molar-refractivity contribution in [2.45, 2.75) is 5.66 Å². The van der Waals surface area contributed by atoms with Crippen LogP contribution in [0.25, 0.3) is 0 Å². The number of H-pyrrole nitrogens is 1. The Kier molecular flexibility index (Phi) is 4.57. The highest BCUT2D eigenvalue weighted by Crippen LogP contribution is 2.37. The zero-order valence-electron chi connectivity index (χ0n) is 16.6. The number of nitrogen functional groups attached to an aromatic ring is 1. The fourth-order valence-corrected chi connectivity index (χ4v) is 3.94. The van der Waals surface area contributed by atoms with Gasteiger partial charge in [-0.2, -0.15) is 0 Å². The minimum absolute atomic E-state index is 0.564. The van der Waals surface area contributed by atoms with Crippen molar-refractivity contribution in [2.24, 2.45) is 10.7 Å². The van der Waals surface area contributed by atoms with Gasteiger partial charge in [0, 0.05) is 47.5 Å². The van der Waals surface area contributed by atoms with E-state index in [0.29, 0.717) is 11.6 Å². The highest BCUT2D eigenvalue weighted by atomic mass is 16.5. The predicted molar refractivity (Wildman–Crippen MR) is 121 cm³/mol. The van der Waals surface area contributed by atoms with Gasteiger partial charge in [-0.25, -0.2) is 4.99 Å². The minimum atomic E-state index is -1.05. The number of nitrogens with zero attached hydrogens (tertiary/aromatic N) is 2. The lowest BCUT2D eigenvalue weighted by Gasteiger charge is -2.32. The number of hydrogen-bond donors (Lipinski definition) is 5. The number of aromatic amines is 1. The number of nitrogens with one attached hydrogen (secondary N) is 3. The van der Waals surface area contributed by atoms with Crippen molar-refractivity contribution in [3.05, 3.63) is 71.9 Å². The molecule has 2 aromatic carbocycles. The van der Waals surface area contributed by atoms with Crippen LogP contribution in [0.3, 0.4) is 0 Å². The van der Waals surface area contributed by atoms with E-state index >= 15 is 0 Å². The smallest absolute Gasteiger partial charge is 0.203 e. The van der Waals surface area contributed by atoms with Crippen LogP contribution in [0, 0.1) is 0 Å². The molecule has 8 nitrogen and oxygen atoms in total. The molecule has 5 rings (SSSR count). The molecule has 154 valence electrons. The average molecular weight is 403 g/mol. The van der Waals surface area contributed by atoms with Crippen molar-refractivity contribution in [1.29, 1.82) is 0 Å². The molecule has 0 aliphatic carbocycles. The second-order valence-corrected chi connectivity index (χ2v) is 7.51. The van der Waals surface area contributed by atoms with Crippen LogP contribution >= 0.6 is 0 Å². The maximum Gasteiger partial charge on any atom is 0.203 e. The molecule has 0 spiro atoms. The Morgan fingerprint density at radius 1 is 1.07 bits per heavy atom. The van der Waals surface area contributed by atoms with Crippen LogP contribution < -0.4 is 27.0 Å². The maximum atomic E-state index is 6.81. The van der Waals surface area contributed by atoms with Crippen LogP contribution in [-0.4, -0.2) is 37.2 Å². The van der Waals surface area contributed by atoms with Gasteiger partial charge < -0.3 is 31.0 Å². The van der Waals surface area contributed by atoms with Gasteiger partial charge in [-0.3, -0.25) is 5.73 Å². The van der Waals surface area contributed by atoms with Crippen molar-refractivity contribution >= 4 is 28.8 Å². The van der Waals surface area contributed by atoms with Gasteiger partial charge in [0.2, 0.25) is 5.96 Å². The quantitative estimate of drug-likeness (QED) is 0.429. The molecule has 30 heavy (non-hydrogen) atoms. The third kappa shape index (κ3) is 3.36. The standard InChI is InChI=1S/C22H25N7O/c23-16-3-1-2-15(14-16)22(24)19-8-9-25-20(19)27-21(28-22)26-17-4-6-18(7-5-17)29-10-12-30-13-11-29/h1-9,14,25H,10-13,23-24H2,(H2,26,27,28). The van der Waals surface area contributed by atoms with E-state index in [1.165, 1.54) is 5.69 Å². The number of nitrogens with two attached hydrogens (primary N) is 2. The summed E-state index contributed by atoms with van der Waals surface area (Å²) in [5.41, 5.74) is 16.2. The Labute approximate surface area is 174 Å². The van der Waals surface area contributed by atoms with Crippen LogP contribution in [-0.2, 0) is 10.4 Å². The summed E-state index contributed by atoms with van der Waals surface area (Å²) in [6.45, 7) is 3.35. The van der Waals surface area contributed by atoms with E-state index in [1.54, 1.807) is 0 Å². The van der Waals surface area contributed by atoms with E-state index in [0.717, 1.165) is 48.9 Å². The van der Waals surface area contributed by atoms with E-state index in [1.807, 2.05) is 48.7 Å². The average Bonchev–Trinajstić information content (AvgIpc) is 3.25. The summed E-state index contributed by atoms with van der Waals surface area (Å²) in [5.74, 6) is 1.37. The molecular formula is C22H25N7O. The maximum absolute atomic E-state index is 6.81. The largest absolute Gasteiger partial charge is 0.399 e. The van der Waals surface area contributed by atoms with E-state index in [-0.39, 0.29) is 0 Å². The highest BCUT2D eigenvalue weighted by Gasteiger charge is 2.36. The molecule has 1 saturated heterocycles. The number of fused-ring (bicyclic) bond motifs is 1. The second-order valence-electron chi connectivity index (χ2n) is 7.51. The molecule has 3 aromatic rings. The van der Waals surface area contributed by atoms with Crippen molar-refractivity contribution in [1.82, 2.24) is 4.98 Å². The Morgan fingerprint density at radius 2 is 1.87 bits per heavy atom. The van der Waals surface area contributed by atoms with Crippen molar-refractivity contribution < 1.29 is 4.74 Å². The number of rotatable bonds is 3. The number of aromatic nitrogens is 1. The molecule has 1 atom stereocenters. The summed E-state index contributed by atoms with van der Waals surface area (Å²) >= 11 is 0. The number of aliphatic imine (C=N–C) groups is 1. The van der Waals surface area contributed by atoms with Crippen molar-refractivity contribution in [3.63, 3.8) is 0 Å². The molecule has 7 N–H and O–H groups in total. The molecule has 8 heteroatoms. The minimum Gasteiger partial charge on any atom is -0.399 e. The summed E-state index contributed by atoms with van der Waals surface area (Å²) in [6, 6.07) is 17.7. The molecule has 1 fully saturated rings. The van der Waals surface area contributed by atoms with E-state index in [2.05, 4.69) is 32.7 Å². The Balaban J connectivity index is 1.42. The van der Waals surface area contributed by atoms with Gasteiger partial charge in [-0.05, 0) is 42.5 Å². The molecule has 0 bridgehead atoms. The number of benzene rings is 2. The molecule has 0 amide bonds. The lowest BCUT2D eigenvalue weighted by molar-refractivity contribution is 0.122. The van der Waals surface area contributed by atoms with Crippen LogP contribution in [0.15, 0.2) is 65.8 Å². The molecule has 3 heterocycles. The molecule has 1 aromatic heterocycles. The van der Waals surface area contributed by atoms with Gasteiger partial charge in [-0.15, -0.1) is 0 Å². The monoisotopic (exact) mass is 403 g/mol. The first kappa shape index (κ1) is 18.5. The first-order chi connectivity index (χ1) is 14.6. The fraction of sp³-hybridized carbons (Fsp3) is 0.227. The summed E-state index contributed by atoms with van der Waals surface area (Å²) in [7, 11) is 0. The molecule has 0 radical (unpaired) electrons. The van der Waals surface area contributed by atoms with Crippen molar-refractivity contribution in [3.8, 4) is 0 Å². The summed E-state index contributed by atoms with van der Waals surface area (Å²) in [4.78, 5) is 10.3. The number of morpholine rings is 1. The summed E-state index contributed by atoms with van der Waals surface area (Å²) in [5, 5.41) is 6.63. The Hall–Kier alpha value is -3.49. The van der Waals surface area contributed by atoms with Gasteiger partial charge in [0.05, 0.1) is 13.2 Å². The van der Waals surface area contributed by atoms with E-state index < -0.39 is 5.66 Å². The normalized spacial score (nSPS) is 20.8. The lowest BCUT2D eigenvalue weighted by atomic mass is 9.92. The van der Waals surface area contributed by atoms with Gasteiger partial charge in [0.1, 0.15) is 5.82 Å². The Bertz CT molecular complexity index is 1070. The Morgan fingerprint density at radius 3 is 2.63 bits per heavy atom. The second kappa shape index (κ2) is 7.40. The molecule has 2 aliphatic rings. The van der Waals surface area contributed by atoms with E-state index in [4.69, 9.17) is 21.2 Å². The van der Waals surface area contributed by atoms with Gasteiger partial charge in [-0.1, -0.05) is 12.1 Å². The topological polar surface area (TPSA) is 117 Å². The van der Waals surface area contributed by atoms with Gasteiger partial charge in [0.15, 0.2) is 5.66 Å². The van der Waals surface area contributed by atoms with E-state index in [9.17, 15) is 0 Å². The first-order valence-corrected chi connectivity index (χ1v) is 10.0. The van der Waals surface area contributed by atoms with Crippen LogP contribution in [0.2, 0.25) is 0 Å². The van der Waals surface area contributed by atoms with Crippen LogP contribution in [0.1, 0.15) is 11.1 Å². The highest BCUT2D eigenvalue weighted by molar-refractivity contribution is 6.05. The molecular weight excluding hydrogens is 378 g/mol. The van der Waals surface area contributed by atoms with Gasteiger partial charge in [0.25, 0.3) is 0 Å². The number of guanidine groups is 1. The third-order valence-corrected chi connectivity index (χ3v) is 5.52. The SMILES string of the molecule is Nc1cccc(C2(N)N=C(Nc3ccc(N4CCOCC4)cc3)Nc3[nH]ccc32)c1. The molecule has 2 aliphatic heterocycles. The zero-order chi connectivity index (χ0) is 20.6. The number of anilines is 4. The summed E-state index contributed by atoms with van der Waals surface area (Å²) in [6.07, 6.45) is 1.85. The number of ether oxygens (including phenoxy) is 1. The number of hydrogen-bond acceptors (Lipinski definition) is 7. The predicted octanol–water partition coefficient (Wildman–Crippen LogP) is 2.49. The van der Waals surface area contributed by atoms with Gasteiger partial charge >= 0.3 is 0 Å². The van der Waals surface area contributed by atoms with Crippen molar-refractivity contribution in [2.75, 3.05) is 47.6 Å². The van der Waals surface area contributed by atoms with Crippen LogP contribution in [0.4, 0.5) is 22.9 Å². The summed E-state index contributed by atoms with van der Waals surface area (Å²) < 4.78 is 5.43. The van der Waals surface area contributed by atoms with Crippen LogP contribution in [0.5, 0.6) is 0 Å². The molecule has 1 unspecified atom stereocenters.